The van der Waals surface area contributed by atoms with Gasteiger partial charge in [-0.1, -0.05) is 41.5 Å². The van der Waals surface area contributed by atoms with Crippen molar-refractivity contribution in [2.75, 3.05) is 5.75 Å². The van der Waals surface area contributed by atoms with Crippen molar-refractivity contribution in [1.29, 1.82) is 0 Å². The summed E-state index contributed by atoms with van der Waals surface area (Å²) >= 11 is 2.15. The van der Waals surface area contributed by atoms with Crippen LogP contribution in [0.2, 0.25) is 0 Å². The maximum atomic E-state index is 2.39. The van der Waals surface area contributed by atoms with Gasteiger partial charge in [0.05, 0.1) is 0 Å². The van der Waals surface area contributed by atoms with E-state index in [2.05, 4.69) is 53.3 Å². The van der Waals surface area contributed by atoms with E-state index < -0.39 is 0 Å². The van der Waals surface area contributed by atoms with Crippen LogP contribution in [-0.2, 0) is 0 Å². The lowest BCUT2D eigenvalue weighted by Gasteiger charge is -2.28. The van der Waals surface area contributed by atoms with Gasteiger partial charge in [-0.15, -0.1) is 0 Å². The van der Waals surface area contributed by atoms with E-state index in [0.29, 0.717) is 10.2 Å². The maximum Gasteiger partial charge on any atom is 0.0126 e. The molecule has 0 aromatic carbocycles. The summed E-state index contributed by atoms with van der Waals surface area (Å²) in [6.45, 7) is 14.0. The highest BCUT2D eigenvalue weighted by Crippen LogP contribution is 2.34. The van der Waals surface area contributed by atoms with Gasteiger partial charge in [0.15, 0.2) is 0 Å². The summed E-state index contributed by atoms with van der Waals surface area (Å²) in [5.74, 6) is 1.31. The Morgan fingerprint density at radius 3 is 1.69 bits per heavy atom. The smallest absolute Gasteiger partial charge is 0.0126 e. The first kappa shape index (κ1) is 13.4. The van der Waals surface area contributed by atoms with Crippen molar-refractivity contribution in [1.82, 2.24) is 0 Å². The molecule has 13 heavy (non-hydrogen) atoms. The second-order valence-corrected chi connectivity index (χ2v) is 7.00. The average molecular weight is 202 g/mol. The van der Waals surface area contributed by atoms with Gasteiger partial charge in [0.1, 0.15) is 0 Å². The third-order valence-electron chi connectivity index (χ3n) is 2.80. The van der Waals surface area contributed by atoms with Crippen LogP contribution in [0.25, 0.3) is 0 Å². The standard InChI is InChI=1S/C12H26S/c1-7-12(6,8-2)13-10-9-11(3,4)5/h7-10H2,1-6H3. The van der Waals surface area contributed by atoms with Crippen LogP contribution < -0.4 is 0 Å². The fourth-order valence-corrected chi connectivity index (χ4v) is 2.67. The summed E-state index contributed by atoms with van der Waals surface area (Å²) in [4.78, 5) is 0. The molecule has 0 unspecified atom stereocenters. The van der Waals surface area contributed by atoms with E-state index in [9.17, 15) is 0 Å². The molecule has 0 saturated heterocycles. The van der Waals surface area contributed by atoms with Crippen LogP contribution in [0.5, 0.6) is 0 Å². The van der Waals surface area contributed by atoms with E-state index in [0.717, 1.165) is 0 Å². The van der Waals surface area contributed by atoms with E-state index >= 15 is 0 Å². The van der Waals surface area contributed by atoms with Crippen molar-refractivity contribution in [3.63, 3.8) is 0 Å². The number of hydrogen-bond donors (Lipinski definition) is 0. The lowest BCUT2D eigenvalue weighted by molar-refractivity contribution is 0.400. The summed E-state index contributed by atoms with van der Waals surface area (Å²) in [6, 6.07) is 0. The second-order valence-electron chi connectivity index (χ2n) is 5.32. The molecule has 0 nitrogen and oxygen atoms in total. The fourth-order valence-electron chi connectivity index (χ4n) is 1.06. The first-order valence-electron chi connectivity index (χ1n) is 5.47. The molecular weight excluding hydrogens is 176 g/mol. The Balaban J connectivity index is 3.74. The Kier molecular flexibility index (Phi) is 5.43. The topological polar surface area (TPSA) is 0 Å². The van der Waals surface area contributed by atoms with Crippen molar-refractivity contribution in [2.24, 2.45) is 5.41 Å². The van der Waals surface area contributed by atoms with Crippen LogP contribution >= 0.6 is 11.8 Å². The predicted octanol–water partition coefficient (Wildman–Crippen LogP) is 4.73. The van der Waals surface area contributed by atoms with Crippen molar-refractivity contribution < 1.29 is 0 Å². The van der Waals surface area contributed by atoms with Crippen LogP contribution in [0.1, 0.15) is 60.8 Å². The third-order valence-corrected chi connectivity index (χ3v) is 4.48. The molecule has 0 fully saturated rings. The molecule has 0 saturated carbocycles. The lowest BCUT2D eigenvalue weighted by atomic mass is 9.94. The molecule has 0 heterocycles. The van der Waals surface area contributed by atoms with Crippen LogP contribution in [0, 0.1) is 5.41 Å². The van der Waals surface area contributed by atoms with Crippen LogP contribution in [-0.4, -0.2) is 10.5 Å². The quantitative estimate of drug-likeness (QED) is 0.621. The highest BCUT2D eigenvalue weighted by Gasteiger charge is 2.20. The lowest BCUT2D eigenvalue weighted by Crippen LogP contribution is -2.19. The Morgan fingerprint density at radius 2 is 1.38 bits per heavy atom. The minimum absolute atomic E-state index is 0.495. The summed E-state index contributed by atoms with van der Waals surface area (Å²) in [6.07, 6.45) is 3.91. The van der Waals surface area contributed by atoms with Gasteiger partial charge in [0.2, 0.25) is 0 Å². The van der Waals surface area contributed by atoms with Gasteiger partial charge in [-0.3, -0.25) is 0 Å². The van der Waals surface area contributed by atoms with Crippen LogP contribution in [0.3, 0.4) is 0 Å². The summed E-state index contributed by atoms with van der Waals surface area (Å²) in [5, 5.41) is 0. The van der Waals surface area contributed by atoms with Crippen LogP contribution in [0.4, 0.5) is 0 Å². The van der Waals surface area contributed by atoms with Gasteiger partial charge in [-0.2, -0.15) is 11.8 Å². The molecule has 0 radical (unpaired) electrons. The van der Waals surface area contributed by atoms with E-state index in [4.69, 9.17) is 0 Å². The first-order chi connectivity index (χ1) is 5.83. The Labute approximate surface area is 88.9 Å². The molecule has 1 heteroatoms. The minimum atomic E-state index is 0.495. The highest BCUT2D eigenvalue weighted by atomic mass is 32.2. The van der Waals surface area contributed by atoms with Gasteiger partial charge in [0.25, 0.3) is 0 Å². The molecule has 80 valence electrons. The molecule has 0 spiro atoms. The largest absolute Gasteiger partial charge is 0.155 e. The number of thioether (sulfide) groups is 1. The first-order valence-corrected chi connectivity index (χ1v) is 6.45. The zero-order chi connectivity index (χ0) is 10.5. The fraction of sp³-hybridized carbons (Fsp3) is 1.00. The van der Waals surface area contributed by atoms with Crippen molar-refractivity contribution in [3.8, 4) is 0 Å². The molecule has 0 atom stereocenters. The average Bonchev–Trinajstić information content (AvgIpc) is 2.02. The molecule has 0 bridgehead atoms. The van der Waals surface area contributed by atoms with Crippen molar-refractivity contribution in [2.45, 2.75) is 65.6 Å². The summed E-state index contributed by atoms with van der Waals surface area (Å²) < 4.78 is 0.519. The van der Waals surface area contributed by atoms with E-state index in [1.165, 1.54) is 25.0 Å². The zero-order valence-electron chi connectivity index (χ0n) is 10.2. The second kappa shape index (κ2) is 5.29. The predicted molar refractivity (Wildman–Crippen MR) is 65.5 cm³/mol. The van der Waals surface area contributed by atoms with E-state index in [1.54, 1.807) is 0 Å². The molecule has 0 N–H and O–H groups in total. The number of hydrogen-bond acceptors (Lipinski definition) is 1. The molecule has 0 rings (SSSR count). The summed E-state index contributed by atoms with van der Waals surface area (Å²) in [5.41, 5.74) is 0.495. The maximum absolute atomic E-state index is 2.39. The zero-order valence-corrected chi connectivity index (χ0v) is 11.1. The van der Waals surface area contributed by atoms with Gasteiger partial charge in [-0.05, 0) is 30.4 Å². The van der Waals surface area contributed by atoms with Gasteiger partial charge >= 0.3 is 0 Å². The minimum Gasteiger partial charge on any atom is -0.155 e. The Morgan fingerprint density at radius 1 is 0.923 bits per heavy atom. The Hall–Kier alpha value is 0.350. The van der Waals surface area contributed by atoms with Crippen molar-refractivity contribution >= 4 is 11.8 Å². The Bertz CT molecular complexity index is 129. The van der Waals surface area contributed by atoms with Crippen LogP contribution in [0.15, 0.2) is 0 Å². The van der Waals surface area contributed by atoms with E-state index in [-0.39, 0.29) is 0 Å². The number of rotatable bonds is 5. The molecule has 0 aromatic rings. The SMILES string of the molecule is CCC(C)(CC)SCCC(C)(C)C. The molecule has 0 aliphatic carbocycles. The molecule has 0 amide bonds. The van der Waals surface area contributed by atoms with Gasteiger partial charge < -0.3 is 0 Å². The third kappa shape index (κ3) is 6.42. The normalized spacial score (nSPS) is 13.4. The van der Waals surface area contributed by atoms with Gasteiger partial charge in [0, 0.05) is 4.75 Å². The molecule has 0 aliphatic rings. The monoisotopic (exact) mass is 202 g/mol. The summed E-state index contributed by atoms with van der Waals surface area (Å²) in [7, 11) is 0. The van der Waals surface area contributed by atoms with Gasteiger partial charge in [-0.25, -0.2) is 0 Å². The molecule has 0 aromatic heterocycles. The van der Waals surface area contributed by atoms with Crippen molar-refractivity contribution in [3.05, 3.63) is 0 Å². The molecular formula is C12H26S. The van der Waals surface area contributed by atoms with E-state index in [1.807, 2.05) is 0 Å². The molecule has 0 aliphatic heterocycles. The highest BCUT2D eigenvalue weighted by molar-refractivity contribution is 8.00.